The zero-order valence-corrected chi connectivity index (χ0v) is 9.81. The number of halogens is 2. The van der Waals surface area contributed by atoms with Gasteiger partial charge in [-0.3, -0.25) is 10.1 Å². The Labute approximate surface area is 106 Å². The van der Waals surface area contributed by atoms with Gasteiger partial charge in [-0.05, 0) is 17.7 Å². The first-order valence-electron chi connectivity index (χ1n) is 4.51. The Morgan fingerprint density at radius 1 is 1.24 bits per heavy atom. The quantitative estimate of drug-likeness (QED) is 0.476. The summed E-state index contributed by atoms with van der Waals surface area (Å²) in [6.45, 7) is 0. The number of nitro groups is 1. The van der Waals surface area contributed by atoms with Crippen molar-refractivity contribution >= 4 is 28.9 Å². The Morgan fingerprint density at radius 3 is 2.59 bits per heavy atom. The zero-order chi connectivity index (χ0) is 12.4. The highest BCUT2D eigenvalue weighted by atomic mass is 35.5. The van der Waals surface area contributed by atoms with E-state index in [1.54, 1.807) is 24.3 Å². The highest BCUT2D eigenvalue weighted by molar-refractivity contribution is 6.33. The van der Waals surface area contributed by atoms with Gasteiger partial charge in [-0.15, -0.1) is 0 Å². The van der Waals surface area contributed by atoms with Crippen molar-refractivity contribution in [3.8, 4) is 11.3 Å². The van der Waals surface area contributed by atoms with Crippen LogP contribution in [0.3, 0.4) is 0 Å². The van der Waals surface area contributed by atoms with E-state index in [1.165, 1.54) is 0 Å². The van der Waals surface area contributed by atoms with Gasteiger partial charge in [0.05, 0.1) is 9.95 Å². The molecule has 0 aliphatic rings. The predicted octanol–water partition coefficient (Wildman–Crippen LogP) is 3.36. The van der Waals surface area contributed by atoms with Gasteiger partial charge in [0.15, 0.2) is 5.69 Å². The Kier molecular flexibility index (Phi) is 3.21. The average Bonchev–Trinajstić information content (AvgIpc) is 2.29. The summed E-state index contributed by atoms with van der Waals surface area (Å²) in [5.74, 6) is 0. The molecule has 0 aliphatic heterocycles. The van der Waals surface area contributed by atoms with E-state index >= 15 is 0 Å². The van der Waals surface area contributed by atoms with Crippen molar-refractivity contribution in [2.24, 2.45) is 0 Å². The number of aromatic nitrogens is 2. The van der Waals surface area contributed by atoms with Crippen molar-refractivity contribution in [3.63, 3.8) is 0 Å². The van der Waals surface area contributed by atoms with Crippen molar-refractivity contribution in [1.82, 2.24) is 9.97 Å². The molecule has 0 saturated carbocycles. The maximum Gasteiger partial charge on any atom is 0.313 e. The van der Waals surface area contributed by atoms with Crippen molar-refractivity contribution in [2.75, 3.05) is 0 Å². The van der Waals surface area contributed by atoms with Gasteiger partial charge >= 0.3 is 5.69 Å². The molecule has 0 atom stereocenters. The van der Waals surface area contributed by atoms with Crippen LogP contribution in [0.5, 0.6) is 0 Å². The summed E-state index contributed by atoms with van der Waals surface area (Å²) in [5, 5.41) is 11.2. The van der Waals surface area contributed by atoms with Gasteiger partial charge in [0, 0.05) is 5.56 Å². The summed E-state index contributed by atoms with van der Waals surface area (Å²) in [5.41, 5.74) is 0.327. The Balaban J connectivity index is 2.70. The molecular weight excluding hydrogens is 265 g/mol. The van der Waals surface area contributed by atoms with E-state index in [1.807, 2.05) is 0 Å². The largest absolute Gasteiger partial charge is 0.313 e. The maximum atomic E-state index is 10.9. The molecule has 2 rings (SSSR count). The Morgan fingerprint density at radius 2 is 1.94 bits per heavy atom. The van der Waals surface area contributed by atoms with Crippen LogP contribution >= 0.6 is 23.2 Å². The number of benzene rings is 1. The highest BCUT2D eigenvalue weighted by Crippen LogP contribution is 2.32. The van der Waals surface area contributed by atoms with E-state index in [0.29, 0.717) is 10.6 Å². The molecule has 17 heavy (non-hydrogen) atoms. The van der Waals surface area contributed by atoms with Crippen LogP contribution in [0.25, 0.3) is 11.3 Å². The predicted molar refractivity (Wildman–Crippen MR) is 64.1 cm³/mol. The average molecular weight is 270 g/mol. The van der Waals surface area contributed by atoms with Gasteiger partial charge in [-0.25, -0.2) is 9.97 Å². The summed E-state index contributed by atoms with van der Waals surface area (Å²) in [4.78, 5) is 17.7. The molecule has 0 aliphatic carbocycles. The van der Waals surface area contributed by atoms with Crippen molar-refractivity contribution in [1.29, 1.82) is 0 Å². The number of hydrogen-bond donors (Lipinski definition) is 0. The van der Waals surface area contributed by atoms with Gasteiger partial charge in [0.25, 0.3) is 0 Å². The minimum atomic E-state index is -0.574. The standard InChI is InChI=1S/C10H5Cl2N3O2/c11-7-4-2-1-3-6(7)9-8(15(16)17)5-13-10(12)14-9/h1-5H. The smallest absolute Gasteiger partial charge is 0.258 e. The lowest BCUT2D eigenvalue weighted by Crippen LogP contribution is -1.97. The molecule has 2 aromatic rings. The monoisotopic (exact) mass is 269 g/mol. The first kappa shape index (κ1) is 11.8. The van der Waals surface area contributed by atoms with Crippen LogP contribution < -0.4 is 0 Å². The molecule has 0 saturated heterocycles. The van der Waals surface area contributed by atoms with E-state index < -0.39 is 4.92 Å². The summed E-state index contributed by atoms with van der Waals surface area (Å²) in [6, 6.07) is 6.69. The van der Waals surface area contributed by atoms with Gasteiger partial charge in [0.1, 0.15) is 6.20 Å². The van der Waals surface area contributed by atoms with Gasteiger partial charge < -0.3 is 0 Å². The third kappa shape index (κ3) is 2.35. The molecule has 0 N–H and O–H groups in total. The van der Waals surface area contributed by atoms with Gasteiger partial charge in [0.2, 0.25) is 5.28 Å². The fourth-order valence-electron chi connectivity index (χ4n) is 1.34. The molecule has 1 aromatic heterocycles. The normalized spacial score (nSPS) is 10.2. The molecule has 0 radical (unpaired) electrons. The molecule has 86 valence electrons. The minimum Gasteiger partial charge on any atom is -0.258 e. The molecule has 5 nitrogen and oxygen atoms in total. The third-order valence-electron chi connectivity index (χ3n) is 2.07. The third-order valence-corrected chi connectivity index (χ3v) is 2.58. The van der Waals surface area contributed by atoms with Gasteiger partial charge in [-0.1, -0.05) is 29.8 Å². The lowest BCUT2D eigenvalue weighted by atomic mass is 10.1. The van der Waals surface area contributed by atoms with Crippen LogP contribution in [0.2, 0.25) is 10.3 Å². The van der Waals surface area contributed by atoms with E-state index in [4.69, 9.17) is 23.2 Å². The van der Waals surface area contributed by atoms with E-state index in [2.05, 4.69) is 9.97 Å². The topological polar surface area (TPSA) is 68.9 Å². The first-order valence-corrected chi connectivity index (χ1v) is 5.27. The molecule has 0 fully saturated rings. The fraction of sp³-hybridized carbons (Fsp3) is 0. The van der Waals surface area contributed by atoms with Crippen LogP contribution in [0.1, 0.15) is 0 Å². The number of hydrogen-bond acceptors (Lipinski definition) is 4. The molecule has 7 heteroatoms. The zero-order valence-electron chi connectivity index (χ0n) is 8.30. The van der Waals surface area contributed by atoms with Crippen LogP contribution in [-0.2, 0) is 0 Å². The second-order valence-electron chi connectivity index (χ2n) is 3.11. The Hall–Kier alpha value is -1.72. The summed E-state index contributed by atoms with van der Waals surface area (Å²) in [7, 11) is 0. The fourth-order valence-corrected chi connectivity index (χ4v) is 1.70. The SMILES string of the molecule is O=[N+]([O-])c1cnc(Cl)nc1-c1ccccc1Cl. The van der Waals surface area contributed by atoms with E-state index in [-0.39, 0.29) is 16.7 Å². The van der Waals surface area contributed by atoms with Crippen LogP contribution in [-0.4, -0.2) is 14.9 Å². The number of rotatable bonds is 2. The van der Waals surface area contributed by atoms with Crippen molar-refractivity contribution < 1.29 is 4.92 Å². The van der Waals surface area contributed by atoms with Crippen molar-refractivity contribution in [3.05, 3.63) is 50.9 Å². The van der Waals surface area contributed by atoms with Crippen LogP contribution in [0.4, 0.5) is 5.69 Å². The second kappa shape index (κ2) is 4.65. The molecule has 1 heterocycles. The van der Waals surface area contributed by atoms with Crippen LogP contribution in [0, 0.1) is 10.1 Å². The Bertz CT molecular complexity index is 590. The summed E-state index contributed by atoms with van der Waals surface area (Å²) in [6.07, 6.45) is 1.06. The molecule has 0 spiro atoms. The van der Waals surface area contributed by atoms with E-state index in [9.17, 15) is 10.1 Å². The number of nitrogens with zero attached hydrogens (tertiary/aromatic N) is 3. The van der Waals surface area contributed by atoms with Crippen LogP contribution in [0.15, 0.2) is 30.5 Å². The first-order chi connectivity index (χ1) is 8.09. The lowest BCUT2D eigenvalue weighted by Gasteiger charge is -2.03. The minimum absolute atomic E-state index is 0.0643. The second-order valence-corrected chi connectivity index (χ2v) is 3.86. The lowest BCUT2D eigenvalue weighted by molar-refractivity contribution is -0.384. The summed E-state index contributed by atoms with van der Waals surface area (Å²) < 4.78 is 0. The van der Waals surface area contributed by atoms with Gasteiger partial charge in [-0.2, -0.15) is 0 Å². The van der Waals surface area contributed by atoms with Crippen molar-refractivity contribution in [2.45, 2.75) is 0 Å². The maximum absolute atomic E-state index is 10.9. The molecular formula is C10H5Cl2N3O2. The molecule has 0 bridgehead atoms. The molecule has 0 amide bonds. The molecule has 0 unspecified atom stereocenters. The highest BCUT2D eigenvalue weighted by Gasteiger charge is 2.20. The van der Waals surface area contributed by atoms with E-state index in [0.717, 1.165) is 6.20 Å². The molecule has 1 aromatic carbocycles. The summed E-state index contributed by atoms with van der Waals surface area (Å²) >= 11 is 11.6.